The number of esters is 2. The van der Waals surface area contributed by atoms with Crippen LogP contribution < -0.4 is 0 Å². The van der Waals surface area contributed by atoms with E-state index in [1.807, 2.05) is 6.92 Å². The lowest BCUT2D eigenvalue weighted by molar-refractivity contribution is -0.219. The molecule has 3 atom stereocenters. The van der Waals surface area contributed by atoms with E-state index in [-0.39, 0.29) is 17.5 Å². The number of carbonyl (C=O) groups is 2. The van der Waals surface area contributed by atoms with Gasteiger partial charge in [-0.15, -0.1) is 0 Å². The fraction of sp³-hybridized carbons (Fsp3) is 0.846. The van der Waals surface area contributed by atoms with E-state index in [2.05, 4.69) is 6.92 Å². The summed E-state index contributed by atoms with van der Waals surface area (Å²) in [6, 6.07) is 0. The SMILES string of the molecule is CC(=O)O[C@@H]1OC2(CC(C)C2)[C@@H](C)[C@H]1OC(C)=O. The first-order valence-electron chi connectivity index (χ1n) is 6.36. The molecule has 0 aromatic rings. The summed E-state index contributed by atoms with van der Waals surface area (Å²) in [4.78, 5) is 22.2. The molecule has 0 radical (unpaired) electrons. The van der Waals surface area contributed by atoms with Crippen molar-refractivity contribution in [2.45, 2.75) is 58.5 Å². The van der Waals surface area contributed by atoms with Crippen molar-refractivity contribution < 1.29 is 23.8 Å². The molecular weight excluding hydrogens is 236 g/mol. The minimum absolute atomic E-state index is 0.0435. The van der Waals surface area contributed by atoms with Gasteiger partial charge >= 0.3 is 11.9 Å². The third kappa shape index (κ3) is 2.23. The van der Waals surface area contributed by atoms with Gasteiger partial charge in [0.05, 0.1) is 5.60 Å². The van der Waals surface area contributed by atoms with Crippen LogP contribution in [0.2, 0.25) is 0 Å². The van der Waals surface area contributed by atoms with Gasteiger partial charge in [0.1, 0.15) is 0 Å². The topological polar surface area (TPSA) is 61.8 Å². The standard InChI is InChI=1S/C13H20O5/c1-7-5-13(6-7)8(2)11(16-9(3)14)12(18-13)17-10(4)15/h7-8,11-12H,5-6H2,1-4H3/t7?,8-,11+,12+,13?/m0/s1. The first-order valence-corrected chi connectivity index (χ1v) is 6.36. The highest BCUT2D eigenvalue weighted by molar-refractivity contribution is 5.67. The fourth-order valence-corrected chi connectivity index (χ4v) is 3.13. The highest BCUT2D eigenvalue weighted by Crippen LogP contribution is 2.53. The summed E-state index contributed by atoms with van der Waals surface area (Å²) in [5, 5.41) is 0. The molecule has 1 aliphatic carbocycles. The van der Waals surface area contributed by atoms with Gasteiger partial charge in [-0.2, -0.15) is 0 Å². The fourth-order valence-electron chi connectivity index (χ4n) is 3.13. The van der Waals surface area contributed by atoms with Crippen molar-refractivity contribution in [1.82, 2.24) is 0 Å². The molecule has 1 aliphatic heterocycles. The zero-order valence-corrected chi connectivity index (χ0v) is 11.3. The summed E-state index contributed by atoms with van der Waals surface area (Å²) in [5.41, 5.74) is -0.292. The number of hydrogen-bond donors (Lipinski definition) is 0. The molecule has 0 aromatic heterocycles. The smallest absolute Gasteiger partial charge is 0.305 e. The third-order valence-electron chi connectivity index (χ3n) is 3.91. The van der Waals surface area contributed by atoms with Crippen molar-refractivity contribution in [3.8, 4) is 0 Å². The quantitative estimate of drug-likeness (QED) is 0.703. The van der Waals surface area contributed by atoms with E-state index in [9.17, 15) is 9.59 Å². The Morgan fingerprint density at radius 2 is 1.67 bits per heavy atom. The minimum atomic E-state index is -0.770. The monoisotopic (exact) mass is 256 g/mol. The third-order valence-corrected chi connectivity index (χ3v) is 3.91. The molecule has 1 spiro atoms. The Bertz CT molecular complexity index is 358. The molecule has 2 aliphatic rings. The maximum Gasteiger partial charge on any atom is 0.305 e. The van der Waals surface area contributed by atoms with E-state index in [0.29, 0.717) is 5.92 Å². The first kappa shape index (κ1) is 13.3. The Labute approximate surface area is 107 Å². The molecule has 2 rings (SSSR count). The number of rotatable bonds is 2. The molecule has 0 unspecified atom stereocenters. The Kier molecular flexibility index (Phi) is 3.36. The van der Waals surface area contributed by atoms with Gasteiger partial charge in [0.25, 0.3) is 0 Å². The molecule has 0 N–H and O–H groups in total. The zero-order valence-electron chi connectivity index (χ0n) is 11.3. The van der Waals surface area contributed by atoms with Crippen LogP contribution in [0.4, 0.5) is 0 Å². The number of hydrogen-bond acceptors (Lipinski definition) is 5. The molecule has 0 bridgehead atoms. The summed E-state index contributed by atoms with van der Waals surface area (Å²) >= 11 is 0. The van der Waals surface area contributed by atoms with Crippen molar-refractivity contribution in [2.24, 2.45) is 11.8 Å². The van der Waals surface area contributed by atoms with Crippen molar-refractivity contribution >= 4 is 11.9 Å². The average Bonchev–Trinajstić information content (AvgIpc) is 2.42. The van der Waals surface area contributed by atoms with Gasteiger partial charge in [-0.3, -0.25) is 9.59 Å². The normalized spacial score (nSPS) is 42.4. The van der Waals surface area contributed by atoms with Crippen LogP contribution in [0.3, 0.4) is 0 Å². The second-order valence-electron chi connectivity index (χ2n) is 5.54. The molecule has 0 amide bonds. The van der Waals surface area contributed by atoms with E-state index >= 15 is 0 Å². The van der Waals surface area contributed by atoms with Crippen molar-refractivity contribution in [3.05, 3.63) is 0 Å². The highest BCUT2D eigenvalue weighted by Gasteiger charge is 2.60. The van der Waals surface area contributed by atoms with Crippen LogP contribution in [0.5, 0.6) is 0 Å². The highest BCUT2D eigenvalue weighted by atomic mass is 16.7. The number of ether oxygens (including phenoxy) is 3. The van der Waals surface area contributed by atoms with E-state index < -0.39 is 18.4 Å². The Morgan fingerprint density at radius 3 is 2.11 bits per heavy atom. The zero-order chi connectivity index (χ0) is 13.5. The molecule has 2 fully saturated rings. The van der Waals surface area contributed by atoms with Crippen LogP contribution in [0.15, 0.2) is 0 Å². The molecule has 1 saturated carbocycles. The molecule has 5 nitrogen and oxygen atoms in total. The van der Waals surface area contributed by atoms with Crippen LogP contribution in [0.25, 0.3) is 0 Å². The summed E-state index contributed by atoms with van der Waals surface area (Å²) in [7, 11) is 0. The maximum absolute atomic E-state index is 11.1. The predicted molar refractivity (Wildman–Crippen MR) is 62.5 cm³/mol. The summed E-state index contributed by atoms with van der Waals surface area (Å²) in [5.74, 6) is -0.158. The van der Waals surface area contributed by atoms with Crippen LogP contribution in [-0.2, 0) is 23.8 Å². The molecular formula is C13H20O5. The van der Waals surface area contributed by atoms with E-state index in [1.165, 1.54) is 13.8 Å². The second kappa shape index (κ2) is 4.53. The largest absolute Gasteiger partial charge is 0.455 e. The van der Waals surface area contributed by atoms with E-state index in [0.717, 1.165) is 12.8 Å². The lowest BCUT2D eigenvalue weighted by Gasteiger charge is -2.45. The average molecular weight is 256 g/mol. The second-order valence-corrected chi connectivity index (χ2v) is 5.54. The first-order chi connectivity index (χ1) is 8.34. The van der Waals surface area contributed by atoms with Crippen LogP contribution in [0, 0.1) is 11.8 Å². The van der Waals surface area contributed by atoms with Gasteiger partial charge < -0.3 is 14.2 Å². The lowest BCUT2D eigenvalue weighted by Crippen LogP contribution is -2.48. The summed E-state index contributed by atoms with van der Waals surface area (Å²) in [6.45, 7) is 6.82. The van der Waals surface area contributed by atoms with E-state index in [1.54, 1.807) is 0 Å². The van der Waals surface area contributed by atoms with Crippen LogP contribution >= 0.6 is 0 Å². The van der Waals surface area contributed by atoms with Crippen molar-refractivity contribution in [2.75, 3.05) is 0 Å². The van der Waals surface area contributed by atoms with Crippen molar-refractivity contribution in [1.29, 1.82) is 0 Å². The van der Waals surface area contributed by atoms with Gasteiger partial charge in [-0.05, 0) is 18.8 Å². The molecule has 18 heavy (non-hydrogen) atoms. The molecule has 1 heterocycles. The van der Waals surface area contributed by atoms with E-state index in [4.69, 9.17) is 14.2 Å². The minimum Gasteiger partial charge on any atom is -0.455 e. The maximum atomic E-state index is 11.1. The van der Waals surface area contributed by atoms with Gasteiger partial charge in [0, 0.05) is 19.8 Å². The predicted octanol–water partition coefficient (Wildman–Crippen LogP) is 1.64. The molecule has 5 heteroatoms. The molecule has 102 valence electrons. The summed E-state index contributed by atoms with van der Waals surface area (Å²) < 4.78 is 16.3. The van der Waals surface area contributed by atoms with Crippen LogP contribution in [-0.4, -0.2) is 29.9 Å². The molecule has 1 saturated heterocycles. The lowest BCUT2D eigenvalue weighted by atomic mass is 9.65. The Balaban J connectivity index is 2.12. The van der Waals surface area contributed by atoms with Gasteiger partial charge in [0.15, 0.2) is 6.10 Å². The van der Waals surface area contributed by atoms with Gasteiger partial charge in [-0.1, -0.05) is 13.8 Å². The van der Waals surface area contributed by atoms with Crippen LogP contribution in [0.1, 0.15) is 40.5 Å². The van der Waals surface area contributed by atoms with Gasteiger partial charge in [0.2, 0.25) is 6.29 Å². The van der Waals surface area contributed by atoms with Crippen molar-refractivity contribution in [3.63, 3.8) is 0 Å². The Hall–Kier alpha value is -1.10. The molecule has 0 aromatic carbocycles. The Morgan fingerprint density at radius 1 is 1.11 bits per heavy atom. The number of carbonyl (C=O) groups excluding carboxylic acids is 2. The summed E-state index contributed by atoms with van der Waals surface area (Å²) in [6.07, 6.45) is 0.570. The van der Waals surface area contributed by atoms with Gasteiger partial charge in [-0.25, -0.2) is 0 Å².